The fourth-order valence-electron chi connectivity index (χ4n) is 2.18. The number of anilines is 1. The lowest BCUT2D eigenvalue weighted by molar-refractivity contribution is -0.122. The van der Waals surface area contributed by atoms with E-state index in [0.29, 0.717) is 22.7 Å². The first-order chi connectivity index (χ1) is 12.4. The van der Waals surface area contributed by atoms with Crippen molar-refractivity contribution in [1.29, 1.82) is 0 Å². The number of rotatable bonds is 7. The van der Waals surface area contributed by atoms with Crippen LogP contribution in [-0.2, 0) is 9.53 Å². The summed E-state index contributed by atoms with van der Waals surface area (Å²) >= 11 is 0. The zero-order valence-corrected chi connectivity index (χ0v) is 15.3. The van der Waals surface area contributed by atoms with Gasteiger partial charge in [-0.05, 0) is 51.1 Å². The number of benzene rings is 2. The van der Waals surface area contributed by atoms with Gasteiger partial charge in [0.05, 0.1) is 18.8 Å². The number of esters is 1. The molecule has 0 aliphatic rings. The minimum absolute atomic E-state index is 0.211. The number of amides is 1. The van der Waals surface area contributed by atoms with Crippen molar-refractivity contribution in [2.24, 2.45) is 0 Å². The van der Waals surface area contributed by atoms with E-state index in [1.807, 2.05) is 0 Å². The SMILES string of the molecule is COc1cccc(O[C@H](C)C(=O)Nc2cccc(C(=O)OC(C)C)c2)c1. The Morgan fingerprint density at radius 3 is 2.35 bits per heavy atom. The van der Waals surface area contributed by atoms with E-state index in [1.165, 1.54) is 0 Å². The average Bonchev–Trinajstić information content (AvgIpc) is 2.61. The number of ether oxygens (including phenoxy) is 3. The monoisotopic (exact) mass is 357 g/mol. The van der Waals surface area contributed by atoms with Gasteiger partial charge in [-0.2, -0.15) is 0 Å². The zero-order valence-electron chi connectivity index (χ0n) is 15.3. The molecular weight excluding hydrogens is 334 g/mol. The van der Waals surface area contributed by atoms with Crippen molar-refractivity contribution in [2.45, 2.75) is 33.0 Å². The Labute approximate surface area is 153 Å². The summed E-state index contributed by atoms with van der Waals surface area (Å²) < 4.78 is 15.9. The van der Waals surface area contributed by atoms with Gasteiger partial charge in [-0.15, -0.1) is 0 Å². The van der Waals surface area contributed by atoms with E-state index in [0.717, 1.165) is 0 Å². The largest absolute Gasteiger partial charge is 0.497 e. The molecule has 0 heterocycles. The Kier molecular flexibility index (Phi) is 6.60. The molecular formula is C20H23NO5. The summed E-state index contributed by atoms with van der Waals surface area (Å²) in [5, 5.41) is 2.74. The predicted octanol–water partition coefficient (Wildman–Crippen LogP) is 3.67. The molecule has 26 heavy (non-hydrogen) atoms. The highest BCUT2D eigenvalue weighted by molar-refractivity contribution is 5.96. The van der Waals surface area contributed by atoms with Crippen molar-refractivity contribution in [1.82, 2.24) is 0 Å². The van der Waals surface area contributed by atoms with Gasteiger partial charge in [0.2, 0.25) is 0 Å². The Morgan fingerprint density at radius 1 is 0.962 bits per heavy atom. The quantitative estimate of drug-likeness (QED) is 0.766. The molecule has 0 unspecified atom stereocenters. The molecule has 0 aliphatic carbocycles. The summed E-state index contributed by atoms with van der Waals surface area (Å²) in [5.41, 5.74) is 0.868. The van der Waals surface area contributed by atoms with Gasteiger partial charge in [-0.25, -0.2) is 4.79 Å². The van der Waals surface area contributed by atoms with E-state index in [1.54, 1.807) is 76.4 Å². The molecule has 2 aromatic rings. The molecule has 1 amide bonds. The molecule has 2 aromatic carbocycles. The number of nitrogens with one attached hydrogen (secondary N) is 1. The lowest BCUT2D eigenvalue weighted by Crippen LogP contribution is -2.30. The molecule has 2 rings (SSSR count). The van der Waals surface area contributed by atoms with Crippen molar-refractivity contribution in [3.8, 4) is 11.5 Å². The summed E-state index contributed by atoms with van der Waals surface area (Å²) in [5.74, 6) is 0.409. The van der Waals surface area contributed by atoms with Gasteiger partial charge in [0.15, 0.2) is 6.10 Å². The van der Waals surface area contributed by atoms with Crippen LogP contribution in [0.25, 0.3) is 0 Å². The van der Waals surface area contributed by atoms with Crippen molar-refractivity contribution in [3.05, 3.63) is 54.1 Å². The van der Waals surface area contributed by atoms with Gasteiger partial charge in [0.1, 0.15) is 11.5 Å². The van der Waals surface area contributed by atoms with Gasteiger partial charge in [-0.3, -0.25) is 4.79 Å². The normalized spacial score (nSPS) is 11.6. The molecule has 6 heteroatoms. The Morgan fingerprint density at radius 2 is 1.65 bits per heavy atom. The van der Waals surface area contributed by atoms with Gasteiger partial charge in [0, 0.05) is 11.8 Å². The second-order valence-electron chi connectivity index (χ2n) is 5.96. The van der Waals surface area contributed by atoms with Crippen LogP contribution in [0.2, 0.25) is 0 Å². The molecule has 0 aliphatic heterocycles. The van der Waals surface area contributed by atoms with Crippen LogP contribution in [0.1, 0.15) is 31.1 Å². The van der Waals surface area contributed by atoms with Crippen molar-refractivity contribution in [2.75, 3.05) is 12.4 Å². The third-order valence-corrected chi connectivity index (χ3v) is 3.43. The van der Waals surface area contributed by atoms with Crippen molar-refractivity contribution in [3.63, 3.8) is 0 Å². The van der Waals surface area contributed by atoms with E-state index in [9.17, 15) is 9.59 Å². The zero-order chi connectivity index (χ0) is 19.1. The van der Waals surface area contributed by atoms with Crippen LogP contribution in [-0.4, -0.2) is 31.2 Å². The van der Waals surface area contributed by atoms with Crippen LogP contribution in [0.5, 0.6) is 11.5 Å². The second-order valence-corrected chi connectivity index (χ2v) is 5.96. The van der Waals surface area contributed by atoms with Crippen LogP contribution in [0.15, 0.2) is 48.5 Å². The van der Waals surface area contributed by atoms with Crippen LogP contribution in [0.4, 0.5) is 5.69 Å². The molecule has 0 bridgehead atoms. The highest BCUT2D eigenvalue weighted by atomic mass is 16.5. The number of carbonyl (C=O) groups is 2. The Bertz CT molecular complexity index is 772. The highest BCUT2D eigenvalue weighted by Crippen LogP contribution is 2.20. The van der Waals surface area contributed by atoms with Gasteiger partial charge in [-0.1, -0.05) is 12.1 Å². The molecule has 1 atom stereocenters. The maximum Gasteiger partial charge on any atom is 0.338 e. The summed E-state index contributed by atoms with van der Waals surface area (Å²) in [6, 6.07) is 13.6. The molecule has 0 aromatic heterocycles. The molecule has 0 fully saturated rings. The van der Waals surface area contributed by atoms with E-state index in [4.69, 9.17) is 14.2 Å². The van der Waals surface area contributed by atoms with Crippen LogP contribution >= 0.6 is 0 Å². The van der Waals surface area contributed by atoms with Crippen molar-refractivity contribution >= 4 is 17.6 Å². The fraction of sp³-hybridized carbons (Fsp3) is 0.300. The highest BCUT2D eigenvalue weighted by Gasteiger charge is 2.16. The van der Waals surface area contributed by atoms with Crippen LogP contribution < -0.4 is 14.8 Å². The topological polar surface area (TPSA) is 73.9 Å². The van der Waals surface area contributed by atoms with Crippen LogP contribution in [0.3, 0.4) is 0 Å². The molecule has 138 valence electrons. The first-order valence-electron chi connectivity index (χ1n) is 8.31. The Hall–Kier alpha value is -3.02. The molecule has 0 spiro atoms. The maximum atomic E-state index is 12.3. The van der Waals surface area contributed by atoms with Crippen molar-refractivity contribution < 1.29 is 23.8 Å². The maximum absolute atomic E-state index is 12.3. The van der Waals surface area contributed by atoms with E-state index in [-0.39, 0.29) is 12.0 Å². The number of carbonyl (C=O) groups excluding carboxylic acids is 2. The minimum Gasteiger partial charge on any atom is -0.497 e. The van der Waals surface area contributed by atoms with E-state index in [2.05, 4.69) is 5.32 Å². The second kappa shape index (κ2) is 8.89. The molecule has 0 saturated heterocycles. The summed E-state index contributed by atoms with van der Waals surface area (Å²) in [7, 11) is 1.56. The first kappa shape index (κ1) is 19.3. The smallest absolute Gasteiger partial charge is 0.338 e. The number of hydrogen-bond acceptors (Lipinski definition) is 5. The minimum atomic E-state index is -0.728. The average molecular weight is 357 g/mol. The van der Waals surface area contributed by atoms with Gasteiger partial charge in [0.25, 0.3) is 5.91 Å². The lowest BCUT2D eigenvalue weighted by atomic mass is 10.2. The summed E-state index contributed by atoms with van der Waals surface area (Å²) in [6.45, 7) is 5.20. The standard InChI is InChI=1S/C20H23NO5/c1-13(2)25-20(23)15-7-5-8-16(11-15)21-19(22)14(3)26-18-10-6-9-17(12-18)24-4/h5-14H,1-4H3,(H,21,22)/t14-/m1/s1. The first-order valence-corrected chi connectivity index (χ1v) is 8.31. The van der Waals surface area contributed by atoms with E-state index >= 15 is 0 Å². The fourth-order valence-corrected chi connectivity index (χ4v) is 2.18. The molecule has 0 saturated carbocycles. The summed E-state index contributed by atoms with van der Waals surface area (Å²) in [6.07, 6.45) is -0.939. The number of hydrogen-bond donors (Lipinski definition) is 1. The van der Waals surface area contributed by atoms with Gasteiger partial charge >= 0.3 is 5.97 Å². The third kappa shape index (κ3) is 5.51. The lowest BCUT2D eigenvalue weighted by Gasteiger charge is -2.15. The van der Waals surface area contributed by atoms with Gasteiger partial charge < -0.3 is 19.5 Å². The third-order valence-electron chi connectivity index (χ3n) is 3.43. The molecule has 1 N–H and O–H groups in total. The predicted molar refractivity (Wildman–Crippen MR) is 98.7 cm³/mol. The Balaban J connectivity index is 2.01. The number of methoxy groups -OCH3 is 1. The van der Waals surface area contributed by atoms with E-state index < -0.39 is 12.1 Å². The van der Waals surface area contributed by atoms with Crippen LogP contribution in [0, 0.1) is 0 Å². The molecule has 0 radical (unpaired) electrons. The summed E-state index contributed by atoms with van der Waals surface area (Å²) in [4.78, 5) is 24.3. The molecule has 6 nitrogen and oxygen atoms in total.